The van der Waals surface area contributed by atoms with E-state index in [9.17, 15) is 4.79 Å². The molecule has 0 aromatic heterocycles. The summed E-state index contributed by atoms with van der Waals surface area (Å²) in [6.45, 7) is 3.05. The fourth-order valence-electron chi connectivity index (χ4n) is 0.796. The number of carbonyl (C=O) groups excluding carboxylic acids is 1. The lowest BCUT2D eigenvalue weighted by molar-refractivity contribution is -0.131. The van der Waals surface area contributed by atoms with Crippen LogP contribution in [0.1, 0.15) is 13.3 Å². The van der Waals surface area contributed by atoms with Gasteiger partial charge in [-0.1, -0.05) is 6.92 Å². The Morgan fingerprint density at radius 3 is 2.67 bits per heavy atom. The number of rotatable bonds is 5. The Morgan fingerprint density at radius 2 is 2.25 bits per heavy atom. The SMILES string of the molecule is CC[C@@H](N)C(=O)N(C)CCOC. The van der Waals surface area contributed by atoms with Gasteiger partial charge in [0.2, 0.25) is 5.91 Å². The standard InChI is InChI=1S/C8H18N2O2/c1-4-7(9)8(11)10(2)5-6-12-3/h7H,4-6,9H2,1-3H3/t7-/m1/s1. The van der Waals surface area contributed by atoms with Crippen molar-refractivity contribution in [1.29, 1.82) is 0 Å². The summed E-state index contributed by atoms with van der Waals surface area (Å²) < 4.78 is 4.84. The number of hydrogen-bond acceptors (Lipinski definition) is 3. The van der Waals surface area contributed by atoms with Crippen LogP contribution in [0.2, 0.25) is 0 Å². The summed E-state index contributed by atoms with van der Waals surface area (Å²) >= 11 is 0. The first-order valence-corrected chi connectivity index (χ1v) is 4.13. The van der Waals surface area contributed by atoms with Crippen molar-refractivity contribution in [2.45, 2.75) is 19.4 Å². The van der Waals surface area contributed by atoms with Gasteiger partial charge in [-0.05, 0) is 6.42 Å². The summed E-state index contributed by atoms with van der Waals surface area (Å²) in [6, 6.07) is -0.369. The molecule has 0 unspecified atom stereocenters. The van der Waals surface area contributed by atoms with Crippen LogP contribution in [0, 0.1) is 0 Å². The van der Waals surface area contributed by atoms with E-state index in [4.69, 9.17) is 10.5 Å². The maximum atomic E-state index is 11.3. The quantitative estimate of drug-likeness (QED) is 0.629. The maximum Gasteiger partial charge on any atom is 0.239 e. The second-order valence-corrected chi connectivity index (χ2v) is 2.77. The van der Waals surface area contributed by atoms with E-state index in [1.165, 1.54) is 0 Å². The first-order valence-electron chi connectivity index (χ1n) is 4.13. The highest BCUT2D eigenvalue weighted by Crippen LogP contribution is 1.93. The highest BCUT2D eigenvalue weighted by atomic mass is 16.5. The number of hydrogen-bond donors (Lipinski definition) is 1. The van der Waals surface area contributed by atoms with E-state index in [0.717, 1.165) is 0 Å². The van der Waals surface area contributed by atoms with Crippen LogP contribution in [0.15, 0.2) is 0 Å². The number of ether oxygens (including phenoxy) is 1. The normalized spacial score (nSPS) is 12.7. The molecule has 0 bridgehead atoms. The zero-order valence-corrected chi connectivity index (χ0v) is 8.04. The van der Waals surface area contributed by atoms with Crippen molar-refractivity contribution < 1.29 is 9.53 Å². The van der Waals surface area contributed by atoms with Crippen molar-refractivity contribution in [3.05, 3.63) is 0 Å². The second kappa shape index (κ2) is 5.97. The molecule has 4 nitrogen and oxygen atoms in total. The molecule has 0 radical (unpaired) electrons. The van der Waals surface area contributed by atoms with E-state index in [-0.39, 0.29) is 11.9 Å². The molecule has 0 aliphatic heterocycles. The predicted octanol–water partition coefficient (Wildman–Crippen LogP) is -0.171. The monoisotopic (exact) mass is 174 g/mol. The van der Waals surface area contributed by atoms with E-state index in [1.54, 1.807) is 19.1 Å². The van der Waals surface area contributed by atoms with Gasteiger partial charge in [0.15, 0.2) is 0 Å². The molecule has 72 valence electrons. The van der Waals surface area contributed by atoms with Crippen LogP contribution >= 0.6 is 0 Å². The minimum Gasteiger partial charge on any atom is -0.383 e. The lowest BCUT2D eigenvalue weighted by Crippen LogP contribution is -2.42. The Morgan fingerprint density at radius 1 is 1.67 bits per heavy atom. The van der Waals surface area contributed by atoms with Crippen LogP contribution in [0.25, 0.3) is 0 Å². The molecule has 1 atom stereocenters. The Labute approximate surface area is 73.7 Å². The molecule has 12 heavy (non-hydrogen) atoms. The zero-order chi connectivity index (χ0) is 9.56. The van der Waals surface area contributed by atoms with Gasteiger partial charge in [0.25, 0.3) is 0 Å². The number of nitrogens with zero attached hydrogens (tertiary/aromatic N) is 1. The van der Waals surface area contributed by atoms with Crippen molar-refractivity contribution >= 4 is 5.91 Å². The van der Waals surface area contributed by atoms with Gasteiger partial charge in [-0.3, -0.25) is 4.79 Å². The summed E-state index contributed by atoms with van der Waals surface area (Å²) in [4.78, 5) is 12.9. The number of likely N-dealkylation sites (N-methyl/N-ethyl adjacent to an activating group) is 1. The number of nitrogens with two attached hydrogens (primary N) is 1. The average Bonchev–Trinajstić information content (AvgIpc) is 2.11. The van der Waals surface area contributed by atoms with E-state index in [1.807, 2.05) is 6.92 Å². The topological polar surface area (TPSA) is 55.6 Å². The largest absolute Gasteiger partial charge is 0.383 e. The molecule has 0 fully saturated rings. The maximum absolute atomic E-state index is 11.3. The summed E-state index contributed by atoms with van der Waals surface area (Å²) in [5.74, 6) is -0.0189. The van der Waals surface area contributed by atoms with Gasteiger partial charge in [-0.25, -0.2) is 0 Å². The first-order chi connectivity index (χ1) is 5.63. The van der Waals surface area contributed by atoms with Crippen LogP contribution in [0.4, 0.5) is 0 Å². The van der Waals surface area contributed by atoms with Crippen molar-refractivity contribution in [3.63, 3.8) is 0 Å². The number of amides is 1. The van der Waals surface area contributed by atoms with Gasteiger partial charge in [0.1, 0.15) is 0 Å². The molecule has 4 heteroatoms. The highest BCUT2D eigenvalue weighted by Gasteiger charge is 2.14. The van der Waals surface area contributed by atoms with Crippen molar-refractivity contribution in [2.75, 3.05) is 27.3 Å². The molecule has 0 aliphatic rings. The summed E-state index contributed by atoms with van der Waals surface area (Å²) in [7, 11) is 3.34. The molecule has 0 aliphatic carbocycles. The highest BCUT2D eigenvalue weighted by molar-refractivity contribution is 5.81. The third-order valence-electron chi connectivity index (χ3n) is 1.76. The van der Waals surface area contributed by atoms with E-state index < -0.39 is 0 Å². The van der Waals surface area contributed by atoms with Crippen molar-refractivity contribution in [2.24, 2.45) is 5.73 Å². The Balaban J connectivity index is 3.75. The molecule has 0 saturated carbocycles. The van der Waals surface area contributed by atoms with E-state index >= 15 is 0 Å². The van der Waals surface area contributed by atoms with Crippen molar-refractivity contribution in [3.8, 4) is 0 Å². The van der Waals surface area contributed by atoms with Crippen LogP contribution in [0.3, 0.4) is 0 Å². The third-order valence-corrected chi connectivity index (χ3v) is 1.76. The van der Waals surface area contributed by atoms with Crippen LogP contribution in [-0.4, -0.2) is 44.2 Å². The van der Waals surface area contributed by atoms with Crippen LogP contribution in [-0.2, 0) is 9.53 Å². The lowest BCUT2D eigenvalue weighted by atomic mass is 10.2. The van der Waals surface area contributed by atoms with E-state index in [0.29, 0.717) is 19.6 Å². The Hall–Kier alpha value is -0.610. The van der Waals surface area contributed by atoms with Gasteiger partial charge in [0.05, 0.1) is 12.6 Å². The predicted molar refractivity (Wildman–Crippen MR) is 47.8 cm³/mol. The molecule has 2 N–H and O–H groups in total. The zero-order valence-electron chi connectivity index (χ0n) is 8.04. The molecule has 0 spiro atoms. The first kappa shape index (κ1) is 11.4. The fraction of sp³-hybridized carbons (Fsp3) is 0.875. The lowest BCUT2D eigenvalue weighted by Gasteiger charge is -2.19. The molecule has 0 rings (SSSR count). The summed E-state index contributed by atoms with van der Waals surface area (Å²) in [5.41, 5.74) is 5.56. The smallest absolute Gasteiger partial charge is 0.239 e. The summed E-state index contributed by atoms with van der Waals surface area (Å²) in [6.07, 6.45) is 0.677. The molecule has 0 heterocycles. The molecule has 0 aromatic carbocycles. The molecular formula is C8H18N2O2. The van der Waals surface area contributed by atoms with E-state index in [2.05, 4.69) is 0 Å². The van der Waals surface area contributed by atoms with Crippen LogP contribution < -0.4 is 5.73 Å². The Kier molecular flexibility index (Phi) is 5.66. The average molecular weight is 174 g/mol. The number of carbonyl (C=O) groups is 1. The van der Waals surface area contributed by atoms with Gasteiger partial charge in [-0.15, -0.1) is 0 Å². The minimum atomic E-state index is -0.369. The minimum absolute atomic E-state index is 0.0189. The third kappa shape index (κ3) is 3.69. The number of methoxy groups -OCH3 is 1. The van der Waals surface area contributed by atoms with Gasteiger partial charge < -0.3 is 15.4 Å². The molecule has 0 saturated heterocycles. The second-order valence-electron chi connectivity index (χ2n) is 2.77. The van der Waals surface area contributed by atoms with Gasteiger partial charge in [-0.2, -0.15) is 0 Å². The summed E-state index contributed by atoms with van der Waals surface area (Å²) in [5, 5.41) is 0. The molecule has 0 aromatic rings. The molecular weight excluding hydrogens is 156 g/mol. The van der Waals surface area contributed by atoms with Crippen LogP contribution in [0.5, 0.6) is 0 Å². The molecule has 1 amide bonds. The fourth-order valence-corrected chi connectivity index (χ4v) is 0.796. The van der Waals surface area contributed by atoms with Gasteiger partial charge in [0, 0.05) is 20.7 Å². The van der Waals surface area contributed by atoms with Gasteiger partial charge >= 0.3 is 0 Å². The Bertz CT molecular complexity index is 139. The van der Waals surface area contributed by atoms with Crippen molar-refractivity contribution in [1.82, 2.24) is 4.90 Å².